The Bertz CT molecular complexity index is 114. The minimum atomic E-state index is -4.61. The van der Waals surface area contributed by atoms with Gasteiger partial charge < -0.3 is 6.15 Å². The largest absolute Gasteiger partial charge is 0.423 e. The van der Waals surface area contributed by atoms with Crippen molar-refractivity contribution in [1.82, 2.24) is 6.15 Å². The molecule has 0 radical (unpaired) electrons. The molecular weight excluding hydrogens is 174 g/mol. The van der Waals surface area contributed by atoms with E-state index in [2.05, 4.69) is 4.33 Å². The fourth-order valence-electron chi connectivity index (χ4n) is 0. The third kappa shape index (κ3) is 16.0. The Balaban J connectivity index is -0.000000125. The monoisotopic (exact) mass is 179 g/mol. The summed E-state index contributed by atoms with van der Waals surface area (Å²) in [6.45, 7) is 0. The molecule has 0 aliphatic heterocycles. The maximum atomic E-state index is 9.08. The molecule has 0 spiro atoms. The molecule has 0 atom stereocenters. The van der Waals surface area contributed by atoms with Crippen LogP contribution < -0.4 is 6.15 Å². The zero-order valence-electron chi connectivity index (χ0n) is 3.73. The molecule has 0 aromatic carbocycles. The summed E-state index contributed by atoms with van der Waals surface area (Å²) in [4.78, 5) is 0. The van der Waals surface area contributed by atoms with Gasteiger partial charge in [-0.15, -0.1) is 0 Å². The van der Waals surface area contributed by atoms with Gasteiger partial charge in [0.2, 0.25) is 0 Å². The summed E-state index contributed by atoms with van der Waals surface area (Å²) >= 11 is 0. The fourth-order valence-corrected chi connectivity index (χ4v) is 0. The normalized spacial score (nSPS) is 8.75. The van der Waals surface area contributed by atoms with Gasteiger partial charge in [-0.2, -0.15) is 8.42 Å². The summed E-state index contributed by atoms with van der Waals surface area (Å²) in [5.74, 6) is 0. The quantitative estimate of drug-likeness (QED) is 0.215. The zero-order chi connectivity index (χ0) is 5.21. The Morgan fingerprint density at radius 1 is 1.38 bits per heavy atom. The van der Waals surface area contributed by atoms with Gasteiger partial charge in [-0.1, -0.05) is 4.33 Å². The van der Waals surface area contributed by atoms with Gasteiger partial charge in [-0.3, -0.25) is 4.55 Å². The van der Waals surface area contributed by atoms with Crippen molar-refractivity contribution < 1.29 is 44.3 Å². The first-order valence-electron chi connectivity index (χ1n) is 0.865. The molecule has 0 aromatic heterocycles. The van der Waals surface area contributed by atoms with Crippen LogP contribution in [0.15, 0.2) is 0 Å². The molecule has 0 rings (SSSR count). The van der Waals surface area contributed by atoms with Crippen LogP contribution in [-0.4, -0.2) is 18.2 Å². The molecule has 6 nitrogen and oxygen atoms in total. The molecule has 0 fully saturated rings. The maximum Gasteiger partial charge on any atom is 0.423 e. The Labute approximate surface area is 61.2 Å². The van der Waals surface area contributed by atoms with Crippen LogP contribution in [0.3, 0.4) is 0 Å². The molecule has 50 valence electrons. The predicted octanol–water partition coefficient (Wildman–Crippen LogP) is -0.562. The van der Waals surface area contributed by atoms with Crippen LogP contribution in [0, 0.1) is 0 Å². The average molecular weight is 179 g/mol. The van der Waals surface area contributed by atoms with E-state index in [9.17, 15) is 0 Å². The predicted molar refractivity (Wildman–Crippen MR) is 20.3 cm³/mol. The van der Waals surface area contributed by atoms with Gasteiger partial charge in [0.05, 0.1) is 0 Å². The van der Waals surface area contributed by atoms with E-state index >= 15 is 0 Å². The minimum absolute atomic E-state index is 0. The van der Waals surface area contributed by atoms with Crippen LogP contribution in [0.4, 0.5) is 0 Å². The first-order chi connectivity index (χ1) is 2.56. The summed E-state index contributed by atoms with van der Waals surface area (Å²) in [5.41, 5.74) is 0. The second kappa shape index (κ2) is 5.64. The number of rotatable bonds is 1. The van der Waals surface area contributed by atoms with Gasteiger partial charge >= 0.3 is 10.4 Å². The summed E-state index contributed by atoms with van der Waals surface area (Å²) in [5, 5.41) is 7.06. The maximum absolute atomic E-state index is 9.08. The Morgan fingerprint density at radius 3 is 1.50 bits per heavy atom. The fraction of sp³-hybridized carbons (Fsp3) is 0. The van der Waals surface area contributed by atoms with Crippen molar-refractivity contribution in [2.45, 2.75) is 0 Å². The topological polar surface area (TPSA) is 119 Å². The molecule has 8 heteroatoms. The van der Waals surface area contributed by atoms with Crippen molar-refractivity contribution >= 4 is 10.4 Å². The molecule has 8 heavy (non-hydrogen) atoms. The second-order valence-electron chi connectivity index (χ2n) is 0.502. The molecule has 0 unspecified atom stereocenters. The molecule has 0 heterocycles. The minimum Gasteiger partial charge on any atom is -0.344 e. The van der Waals surface area contributed by atoms with E-state index in [0.29, 0.717) is 0 Å². The smallest absolute Gasteiger partial charge is 0.344 e. The van der Waals surface area contributed by atoms with Crippen LogP contribution in [-0.2, 0) is 36.5 Å². The Morgan fingerprint density at radius 2 is 1.50 bits per heavy atom. The number of hydrogen-bond donors (Lipinski definition) is 3. The van der Waals surface area contributed by atoms with Gasteiger partial charge in [0.25, 0.3) is 0 Å². The molecule has 0 bridgehead atoms. The summed E-state index contributed by atoms with van der Waals surface area (Å²) in [6.07, 6.45) is 0. The summed E-state index contributed by atoms with van der Waals surface area (Å²) in [6, 6.07) is 0. The van der Waals surface area contributed by atoms with E-state index in [-0.39, 0.29) is 27.9 Å². The van der Waals surface area contributed by atoms with Crippen LogP contribution >= 0.6 is 0 Å². The van der Waals surface area contributed by atoms with E-state index in [4.69, 9.17) is 18.2 Å². The van der Waals surface area contributed by atoms with Crippen molar-refractivity contribution in [2.75, 3.05) is 0 Å². The van der Waals surface area contributed by atoms with E-state index in [1.165, 1.54) is 0 Å². The van der Waals surface area contributed by atoms with E-state index in [0.717, 1.165) is 0 Å². The average Bonchev–Trinajstić information content (AvgIpc) is 1.35. The Hall–Kier alpha value is 0.504. The van der Waals surface area contributed by atoms with Crippen LogP contribution in [0.25, 0.3) is 0 Å². The molecule has 0 aliphatic carbocycles. The van der Waals surface area contributed by atoms with Crippen molar-refractivity contribution in [2.24, 2.45) is 0 Å². The standard InChI is InChI=1S/H3N.H2O5S.Ti/c;1-5-6(2,3)4;/h1H3;1H,(H,2,3,4);. The Kier molecular flexibility index (Phi) is 11.1. The first-order valence-corrected chi connectivity index (χ1v) is 2.23. The van der Waals surface area contributed by atoms with Crippen LogP contribution in [0.5, 0.6) is 0 Å². The van der Waals surface area contributed by atoms with Crippen LogP contribution in [0.2, 0.25) is 0 Å². The van der Waals surface area contributed by atoms with Gasteiger partial charge in [0.15, 0.2) is 0 Å². The van der Waals surface area contributed by atoms with Crippen molar-refractivity contribution in [1.29, 1.82) is 0 Å². The number of hydrogen-bond acceptors (Lipinski definition) is 5. The molecule has 0 aliphatic rings. The van der Waals surface area contributed by atoms with Gasteiger partial charge in [-0.05, 0) is 0 Å². The molecule has 0 saturated carbocycles. The molecule has 0 saturated heterocycles. The van der Waals surface area contributed by atoms with E-state index in [1.807, 2.05) is 0 Å². The molecule has 5 N–H and O–H groups in total. The first kappa shape index (κ1) is 15.8. The summed E-state index contributed by atoms with van der Waals surface area (Å²) < 4.78 is 28.0. The molecular formula is H5NO5STi. The third-order valence-corrected chi connectivity index (χ3v) is 0.283. The summed E-state index contributed by atoms with van der Waals surface area (Å²) in [7, 11) is -4.61. The van der Waals surface area contributed by atoms with Crippen molar-refractivity contribution in [3.05, 3.63) is 0 Å². The molecule has 0 amide bonds. The third-order valence-electron chi connectivity index (χ3n) is 0.0942. The van der Waals surface area contributed by atoms with Crippen LogP contribution in [0.1, 0.15) is 0 Å². The second-order valence-corrected chi connectivity index (χ2v) is 1.51. The van der Waals surface area contributed by atoms with E-state index < -0.39 is 10.4 Å². The van der Waals surface area contributed by atoms with Gasteiger partial charge in [-0.25, -0.2) is 5.26 Å². The van der Waals surface area contributed by atoms with Crippen molar-refractivity contribution in [3.63, 3.8) is 0 Å². The van der Waals surface area contributed by atoms with E-state index in [1.54, 1.807) is 0 Å². The molecule has 0 aromatic rings. The van der Waals surface area contributed by atoms with Gasteiger partial charge in [0.1, 0.15) is 0 Å². The van der Waals surface area contributed by atoms with Crippen molar-refractivity contribution in [3.8, 4) is 0 Å². The zero-order valence-corrected chi connectivity index (χ0v) is 6.11. The SMILES string of the molecule is N.O=S(=O)(O)OO.[Ti]. The van der Waals surface area contributed by atoms with Gasteiger partial charge in [0, 0.05) is 21.7 Å².